The SMILES string of the molecule is Cc1cc(Sc2cc(C)cc(C(C)(C)C)c2OC(=O)NCC2(C)CC(NC(=O)OC3CC(C)(C)NC(C)(C)C3)CC(C)(C)C2)c(O)c(C(C)(C)C)c1. The van der Waals surface area contributed by atoms with E-state index in [2.05, 4.69) is 112 Å². The van der Waals surface area contributed by atoms with Crippen molar-refractivity contribution in [3.8, 4) is 11.5 Å². The molecular formula is C43H67N3O5S. The van der Waals surface area contributed by atoms with Gasteiger partial charge in [0.2, 0.25) is 0 Å². The van der Waals surface area contributed by atoms with E-state index >= 15 is 0 Å². The number of hydrogen-bond acceptors (Lipinski definition) is 7. The molecule has 1 saturated carbocycles. The fourth-order valence-corrected chi connectivity index (χ4v) is 10.1. The molecule has 2 amide bonds. The number of aromatic hydroxyl groups is 1. The summed E-state index contributed by atoms with van der Waals surface area (Å²) in [5.74, 6) is 0.750. The van der Waals surface area contributed by atoms with E-state index in [4.69, 9.17) is 9.47 Å². The first-order chi connectivity index (χ1) is 23.6. The number of carbonyl (C=O) groups excluding carboxylic acids is 2. The summed E-state index contributed by atoms with van der Waals surface area (Å²) in [4.78, 5) is 28.5. The lowest BCUT2D eigenvalue weighted by atomic mass is 9.62. The third-order valence-electron chi connectivity index (χ3n) is 10.3. The first-order valence-corrected chi connectivity index (χ1v) is 19.8. The number of carbonyl (C=O) groups is 2. The minimum absolute atomic E-state index is 0.0584. The molecule has 9 heteroatoms. The zero-order chi connectivity index (χ0) is 39.2. The van der Waals surface area contributed by atoms with Crippen LogP contribution in [0.2, 0.25) is 0 Å². The van der Waals surface area contributed by atoms with Crippen LogP contribution < -0.4 is 20.7 Å². The number of rotatable bonds is 7. The number of ether oxygens (including phenoxy) is 2. The number of nitrogens with one attached hydrogen (secondary N) is 3. The molecule has 2 aromatic carbocycles. The lowest BCUT2D eigenvalue weighted by molar-refractivity contribution is 0.0124. The summed E-state index contributed by atoms with van der Waals surface area (Å²) in [6.45, 7) is 32.3. The average molecular weight is 738 g/mol. The Labute approximate surface area is 318 Å². The van der Waals surface area contributed by atoms with Crippen molar-refractivity contribution in [2.24, 2.45) is 10.8 Å². The maximum absolute atomic E-state index is 13.7. The monoisotopic (exact) mass is 737 g/mol. The van der Waals surface area contributed by atoms with Crippen molar-refractivity contribution in [3.05, 3.63) is 46.5 Å². The van der Waals surface area contributed by atoms with Gasteiger partial charge in [0.05, 0.1) is 9.79 Å². The number of benzene rings is 2. The summed E-state index contributed by atoms with van der Waals surface area (Å²) in [6.07, 6.45) is 2.87. The Morgan fingerprint density at radius 3 is 1.90 bits per heavy atom. The van der Waals surface area contributed by atoms with Crippen LogP contribution in [-0.4, -0.2) is 47.1 Å². The number of alkyl carbamates (subject to hydrolysis) is 1. The third kappa shape index (κ3) is 11.1. The minimum Gasteiger partial charge on any atom is -0.506 e. The predicted octanol–water partition coefficient (Wildman–Crippen LogP) is 10.5. The van der Waals surface area contributed by atoms with Gasteiger partial charge in [-0.15, -0.1) is 0 Å². The van der Waals surface area contributed by atoms with E-state index in [1.807, 2.05) is 32.0 Å². The van der Waals surface area contributed by atoms with Crippen molar-refractivity contribution in [1.82, 2.24) is 16.0 Å². The molecule has 1 aliphatic heterocycles. The van der Waals surface area contributed by atoms with Crippen LogP contribution in [0.25, 0.3) is 0 Å². The van der Waals surface area contributed by atoms with Crippen molar-refractivity contribution < 1.29 is 24.2 Å². The standard InChI is InChI=1S/C43H67N3O5S/c1-26-16-30(38(3,4)5)34(47)32(18-26)52-33-19-27(2)17-31(39(6,7)8)35(33)51-36(48)44-25-43(15)21-28(20-40(9,10)24-43)45-37(49)50-29-22-41(11,12)46-42(13,14)23-29/h16-19,28-29,46-47H,20-25H2,1-15H3,(H,44,48)(H,45,49). The van der Waals surface area contributed by atoms with E-state index in [-0.39, 0.29) is 56.7 Å². The van der Waals surface area contributed by atoms with Crippen LogP contribution in [-0.2, 0) is 15.6 Å². The van der Waals surface area contributed by atoms with Crippen molar-refractivity contribution in [3.63, 3.8) is 0 Å². The third-order valence-corrected chi connectivity index (χ3v) is 11.4. The van der Waals surface area contributed by atoms with Crippen molar-refractivity contribution in [2.45, 2.75) is 180 Å². The van der Waals surface area contributed by atoms with E-state index < -0.39 is 6.09 Å². The van der Waals surface area contributed by atoms with Gasteiger partial charge in [0.15, 0.2) is 0 Å². The fourth-order valence-electron chi connectivity index (χ4n) is 8.94. The van der Waals surface area contributed by atoms with Crippen LogP contribution in [0.4, 0.5) is 9.59 Å². The molecule has 2 aliphatic rings. The molecule has 2 fully saturated rings. The Balaban J connectivity index is 1.51. The number of amides is 2. The maximum Gasteiger partial charge on any atom is 0.412 e. The second kappa shape index (κ2) is 14.7. The summed E-state index contributed by atoms with van der Waals surface area (Å²) < 4.78 is 12.3. The van der Waals surface area contributed by atoms with Crippen LogP contribution in [0, 0.1) is 24.7 Å². The molecule has 0 bridgehead atoms. The summed E-state index contributed by atoms with van der Waals surface area (Å²) >= 11 is 1.42. The number of phenolic OH excluding ortho intramolecular Hbond substituents is 1. The van der Waals surface area contributed by atoms with Gasteiger partial charge in [-0.1, -0.05) is 86.2 Å². The number of hydrogen-bond donors (Lipinski definition) is 4. The molecule has 1 heterocycles. The molecule has 2 unspecified atom stereocenters. The Kier molecular flexibility index (Phi) is 11.9. The highest BCUT2D eigenvalue weighted by atomic mass is 32.2. The summed E-state index contributed by atoms with van der Waals surface area (Å²) in [5, 5.41) is 21.3. The number of aryl methyl sites for hydroxylation is 2. The van der Waals surface area contributed by atoms with Crippen molar-refractivity contribution in [1.29, 1.82) is 0 Å². The maximum atomic E-state index is 13.7. The molecule has 4 N–H and O–H groups in total. The molecule has 1 saturated heterocycles. The highest BCUT2D eigenvalue weighted by Gasteiger charge is 2.43. The van der Waals surface area contributed by atoms with Crippen LogP contribution >= 0.6 is 11.8 Å². The summed E-state index contributed by atoms with van der Waals surface area (Å²) in [7, 11) is 0. The summed E-state index contributed by atoms with van der Waals surface area (Å²) in [5.41, 5.74) is 2.75. The lowest BCUT2D eigenvalue weighted by Crippen LogP contribution is -2.60. The fraction of sp³-hybridized carbons (Fsp3) is 0.674. The molecule has 0 aromatic heterocycles. The van der Waals surface area contributed by atoms with Gasteiger partial charge in [0, 0.05) is 47.6 Å². The first-order valence-electron chi connectivity index (χ1n) is 18.9. The van der Waals surface area contributed by atoms with Gasteiger partial charge >= 0.3 is 12.2 Å². The van der Waals surface area contributed by atoms with Gasteiger partial charge in [0.1, 0.15) is 17.6 Å². The topological polar surface area (TPSA) is 109 Å². The van der Waals surface area contributed by atoms with E-state index in [0.717, 1.165) is 57.7 Å². The zero-order valence-corrected chi connectivity index (χ0v) is 35.5. The smallest absolute Gasteiger partial charge is 0.412 e. The molecule has 1 aliphatic carbocycles. The van der Waals surface area contributed by atoms with Crippen LogP contribution in [0.3, 0.4) is 0 Å². The molecule has 4 rings (SSSR count). The second-order valence-corrected chi connectivity index (χ2v) is 21.5. The van der Waals surface area contributed by atoms with Gasteiger partial charge < -0.3 is 30.5 Å². The lowest BCUT2D eigenvalue weighted by Gasteiger charge is -2.47. The number of piperidine rings is 1. The molecule has 2 aromatic rings. The van der Waals surface area contributed by atoms with Crippen molar-refractivity contribution in [2.75, 3.05) is 6.54 Å². The molecular weight excluding hydrogens is 671 g/mol. The molecule has 8 nitrogen and oxygen atoms in total. The molecule has 52 heavy (non-hydrogen) atoms. The molecule has 0 radical (unpaired) electrons. The van der Waals surface area contributed by atoms with Crippen LogP contribution in [0.5, 0.6) is 11.5 Å². The summed E-state index contributed by atoms with van der Waals surface area (Å²) in [6, 6.07) is 8.03. The van der Waals surface area contributed by atoms with Gasteiger partial charge in [-0.25, -0.2) is 9.59 Å². The largest absolute Gasteiger partial charge is 0.506 e. The normalized spacial score (nSPS) is 23.1. The van der Waals surface area contributed by atoms with Gasteiger partial charge in [-0.2, -0.15) is 0 Å². The van der Waals surface area contributed by atoms with Crippen molar-refractivity contribution >= 4 is 23.9 Å². The molecule has 0 spiro atoms. The van der Waals surface area contributed by atoms with E-state index in [0.29, 0.717) is 18.7 Å². The molecule has 2 atom stereocenters. The highest BCUT2D eigenvalue weighted by Crippen LogP contribution is 2.48. The minimum atomic E-state index is -0.523. The predicted molar refractivity (Wildman–Crippen MR) is 213 cm³/mol. The van der Waals surface area contributed by atoms with Crippen LogP contribution in [0.1, 0.15) is 144 Å². The van der Waals surface area contributed by atoms with Crippen LogP contribution in [0.15, 0.2) is 34.1 Å². The first kappa shape index (κ1) is 41.8. The highest BCUT2D eigenvalue weighted by molar-refractivity contribution is 7.99. The van der Waals surface area contributed by atoms with E-state index in [9.17, 15) is 14.7 Å². The average Bonchev–Trinajstić information content (AvgIpc) is 2.90. The second-order valence-electron chi connectivity index (χ2n) is 20.4. The van der Waals surface area contributed by atoms with Gasteiger partial charge in [-0.3, -0.25) is 0 Å². The van der Waals surface area contributed by atoms with E-state index in [1.54, 1.807) is 0 Å². The Hall–Kier alpha value is -2.91. The quantitative estimate of drug-likeness (QED) is 0.224. The Morgan fingerprint density at radius 2 is 1.35 bits per heavy atom. The van der Waals surface area contributed by atoms with Gasteiger partial charge in [0.25, 0.3) is 0 Å². The Morgan fingerprint density at radius 1 is 0.808 bits per heavy atom. The van der Waals surface area contributed by atoms with Gasteiger partial charge in [-0.05, 0) is 106 Å². The zero-order valence-electron chi connectivity index (χ0n) is 34.7. The number of phenols is 1. The Bertz CT molecular complexity index is 1640. The van der Waals surface area contributed by atoms with E-state index in [1.165, 1.54) is 11.8 Å². The molecule has 290 valence electrons.